The van der Waals surface area contributed by atoms with Crippen molar-refractivity contribution in [2.24, 2.45) is 0 Å². The highest BCUT2D eigenvalue weighted by molar-refractivity contribution is 7.98. The summed E-state index contributed by atoms with van der Waals surface area (Å²) in [5.41, 5.74) is 1.12. The summed E-state index contributed by atoms with van der Waals surface area (Å²) in [6.07, 6.45) is 1.71. The van der Waals surface area contributed by atoms with Crippen LogP contribution < -0.4 is 9.47 Å². The molecule has 1 N–H and O–H groups in total. The molecule has 0 unspecified atom stereocenters. The zero-order valence-corrected chi connectivity index (χ0v) is 9.87. The topological polar surface area (TPSA) is 60.0 Å². The van der Waals surface area contributed by atoms with Gasteiger partial charge in [0.25, 0.3) is 0 Å². The Kier molecular flexibility index (Phi) is 2.87. The molecule has 1 aromatic carbocycles. The molecule has 5 nitrogen and oxygen atoms in total. The van der Waals surface area contributed by atoms with Crippen LogP contribution >= 0.6 is 11.8 Å². The molecule has 0 bridgehead atoms. The smallest absolute Gasteiger partial charge is 0.165 e. The van der Waals surface area contributed by atoms with E-state index in [2.05, 4.69) is 15.4 Å². The minimum Gasteiger partial charge on any atom is -0.486 e. The van der Waals surface area contributed by atoms with E-state index >= 15 is 0 Å². The second-order valence-electron chi connectivity index (χ2n) is 3.54. The third-order valence-corrected chi connectivity index (χ3v) is 3.36. The third-order valence-electron chi connectivity index (χ3n) is 2.42. The molecule has 0 amide bonds. The molecule has 0 saturated carbocycles. The van der Waals surface area contributed by atoms with Crippen LogP contribution in [0.3, 0.4) is 0 Å². The largest absolute Gasteiger partial charge is 0.486 e. The molecule has 2 aromatic rings. The van der Waals surface area contributed by atoms with E-state index in [-0.39, 0.29) is 0 Å². The second-order valence-corrected chi connectivity index (χ2v) is 4.53. The number of rotatable bonds is 3. The fraction of sp³-hybridized carbons (Fsp3) is 0.273. The third kappa shape index (κ3) is 2.21. The predicted octanol–water partition coefficient (Wildman–Crippen LogP) is 1.87. The maximum absolute atomic E-state index is 5.64. The van der Waals surface area contributed by atoms with Crippen molar-refractivity contribution in [2.75, 3.05) is 13.2 Å². The summed E-state index contributed by atoms with van der Waals surface area (Å²) < 4.78 is 11.2. The lowest BCUT2D eigenvalue weighted by atomic mass is 10.2. The van der Waals surface area contributed by atoms with E-state index in [0.717, 1.165) is 27.8 Å². The molecule has 6 heteroatoms. The molecule has 0 spiro atoms. The number of para-hydroxylation sites is 1. The highest BCUT2D eigenvalue weighted by Gasteiger charge is 2.15. The van der Waals surface area contributed by atoms with Crippen molar-refractivity contribution in [3.8, 4) is 11.5 Å². The maximum atomic E-state index is 5.64. The van der Waals surface area contributed by atoms with Crippen LogP contribution in [-0.4, -0.2) is 28.6 Å². The van der Waals surface area contributed by atoms with Gasteiger partial charge >= 0.3 is 0 Å². The quantitative estimate of drug-likeness (QED) is 0.841. The van der Waals surface area contributed by atoms with Crippen molar-refractivity contribution < 1.29 is 9.47 Å². The van der Waals surface area contributed by atoms with E-state index in [9.17, 15) is 0 Å². The van der Waals surface area contributed by atoms with Crippen molar-refractivity contribution in [1.82, 2.24) is 15.4 Å². The number of H-pyrrole nitrogens is 1. The normalized spacial score (nSPS) is 13.6. The van der Waals surface area contributed by atoms with Gasteiger partial charge in [-0.15, -0.1) is 5.10 Å². The van der Waals surface area contributed by atoms with E-state index in [1.807, 2.05) is 18.2 Å². The number of aromatic nitrogens is 3. The van der Waals surface area contributed by atoms with Gasteiger partial charge in [0.15, 0.2) is 11.5 Å². The van der Waals surface area contributed by atoms with E-state index in [4.69, 9.17) is 9.47 Å². The predicted molar refractivity (Wildman–Crippen MR) is 63.4 cm³/mol. The summed E-state index contributed by atoms with van der Waals surface area (Å²) in [5, 5.41) is 11.2. The molecule has 0 atom stereocenters. The molecule has 3 rings (SSSR count). The Morgan fingerprint density at radius 1 is 1.29 bits per heavy atom. The molecular weight excluding hydrogens is 238 g/mol. The van der Waals surface area contributed by atoms with Gasteiger partial charge in [-0.05, 0) is 6.07 Å². The van der Waals surface area contributed by atoms with Crippen molar-refractivity contribution in [1.29, 1.82) is 0 Å². The standard InChI is InChI=1S/C11H11N3O2S/c1-2-8(7-17-10-6-12-14-13-10)11-9(3-1)15-4-5-16-11/h1-3,6H,4-5,7H2,(H,12,13,14). The summed E-state index contributed by atoms with van der Waals surface area (Å²) in [6, 6.07) is 5.95. The Labute approximate surface area is 103 Å². The number of ether oxygens (including phenoxy) is 2. The average molecular weight is 249 g/mol. The first-order valence-electron chi connectivity index (χ1n) is 5.29. The van der Waals surface area contributed by atoms with Gasteiger partial charge in [0, 0.05) is 11.3 Å². The van der Waals surface area contributed by atoms with E-state index < -0.39 is 0 Å². The zero-order chi connectivity index (χ0) is 11.5. The molecule has 1 aromatic heterocycles. The van der Waals surface area contributed by atoms with Crippen LogP contribution in [0.4, 0.5) is 0 Å². The van der Waals surface area contributed by atoms with Crippen molar-refractivity contribution in [3.05, 3.63) is 30.0 Å². The first-order valence-corrected chi connectivity index (χ1v) is 6.28. The molecule has 88 valence electrons. The number of aromatic amines is 1. The number of nitrogens with zero attached hydrogens (tertiary/aromatic N) is 2. The summed E-state index contributed by atoms with van der Waals surface area (Å²) in [4.78, 5) is 0. The van der Waals surface area contributed by atoms with Gasteiger partial charge < -0.3 is 9.47 Å². The van der Waals surface area contributed by atoms with Crippen molar-refractivity contribution in [2.45, 2.75) is 10.8 Å². The zero-order valence-electron chi connectivity index (χ0n) is 9.05. The molecule has 17 heavy (non-hydrogen) atoms. The van der Waals surface area contributed by atoms with Crippen LogP contribution in [0.1, 0.15) is 5.56 Å². The van der Waals surface area contributed by atoms with Crippen LogP contribution in [0.5, 0.6) is 11.5 Å². The minimum absolute atomic E-state index is 0.610. The van der Waals surface area contributed by atoms with Crippen LogP contribution in [0.15, 0.2) is 29.4 Å². The highest BCUT2D eigenvalue weighted by Crippen LogP contribution is 2.36. The lowest BCUT2D eigenvalue weighted by Gasteiger charge is -2.20. The number of hydrogen-bond acceptors (Lipinski definition) is 5. The highest BCUT2D eigenvalue weighted by atomic mass is 32.2. The summed E-state index contributed by atoms with van der Waals surface area (Å²) in [5.74, 6) is 2.48. The fourth-order valence-electron chi connectivity index (χ4n) is 1.66. The first-order chi connectivity index (χ1) is 8.43. The van der Waals surface area contributed by atoms with Crippen LogP contribution in [-0.2, 0) is 5.75 Å². The molecule has 2 heterocycles. The second kappa shape index (κ2) is 4.67. The van der Waals surface area contributed by atoms with Gasteiger partial charge in [0.1, 0.15) is 18.2 Å². The van der Waals surface area contributed by atoms with Crippen molar-refractivity contribution in [3.63, 3.8) is 0 Å². The number of thioether (sulfide) groups is 1. The number of hydrogen-bond donors (Lipinski definition) is 1. The van der Waals surface area contributed by atoms with Gasteiger partial charge in [-0.3, -0.25) is 0 Å². The fourth-order valence-corrected chi connectivity index (χ4v) is 2.42. The summed E-state index contributed by atoms with van der Waals surface area (Å²) in [7, 11) is 0. The Bertz CT molecular complexity index is 501. The molecule has 1 aliphatic heterocycles. The number of benzene rings is 1. The monoisotopic (exact) mass is 249 g/mol. The molecule has 0 aliphatic carbocycles. The van der Waals surface area contributed by atoms with Gasteiger partial charge in [0.05, 0.1) is 6.20 Å². The molecular formula is C11H11N3O2S. The van der Waals surface area contributed by atoms with Gasteiger partial charge in [0.2, 0.25) is 0 Å². The van der Waals surface area contributed by atoms with Crippen LogP contribution in [0.2, 0.25) is 0 Å². The minimum atomic E-state index is 0.610. The Morgan fingerprint density at radius 3 is 3.12 bits per heavy atom. The first kappa shape index (κ1) is 10.5. The number of fused-ring (bicyclic) bond motifs is 1. The Balaban J connectivity index is 1.78. The van der Waals surface area contributed by atoms with E-state index in [1.54, 1.807) is 18.0 Å². The average Bonchev–Trinajstić information content (AvgIpc) is 2.89. The van der Waals surface area contributed by atoms with Crippen molar-refractivity contribution >= 4 is 11.8 Å². The maximum Gasteiger partial charge on any atom is 0.165 e. The Morgan fingerprint density at radius 2 is 2.24 bits per heavy atom. The lowest BCUT2D eigenvalue weighted by Crippen LogP contribution is -2.16. The molecule has 0 fully saturated rings. The van der Waals surface area contributed by atoms with E-state index in [1.165, 1.54) is 0 Å². The van der Waals surface area contributed by atoms with Gasteiger partial charge in [-0.2, -0.15) is 10.3 Å². The molecule has 0 saturated heterocycles. The lowest BCUT2D eigenvalue weighted by molar-refractivity contribution is 0.170. The number of nitrogens with one attached hydrogen (secondary N) is 1. The van der Waals surface area contributed by atoms with E-state index in [0.29, 0.717) is 13.2 Å². The Hall–Kier alpha value is -1.69. The molecule has 0 radical (unpaired) electrons. The summed E-state index contributed by atoms with van der Waals surface area (Å²) in [6.45, 7) is 1.23. The van der Waals surface area contributed by atoms with Gasteiger partial charge in [-0.25, -0.2) is 0 Å². The molecule has 1 aliphatic rings. The van der Waals surface area contributed by atoms with Gasteiger partial charge in [-0.1, -0.05) is 23.9 Å². The summed E-state index contributed by atoms with van der Waals surface area (Å²) >= 11 is 1.61. The van der Waals surface area contributed by atoms with Crippen LogP contribution in [0.25, 0.3) is 0 Å². The SMILES string of the molecule is c1cc(CSc2cn[nH]n2)c2c(c1)OCCO2. The van der Waals surface area contributed by atoms with Crippen LogP contribution in [0, 0.1) is 0 Å².